The minimum atomic E-state index is -4.47. The van der Waals surface area contributed by atoms with Crippen LogP contribution in [-0.2, 0) is 4.79 Å². The van der Waals surface area contributed by atoms with E-state index in [0.717, 1.165) is 4.90 Å². The number of anilines is 1. The predicted molar refractivity (Wildman–Crippen MR) is 50.0 cm³/mol. The number of nitrogens with zero attached hydrogens (tertiary/aromatic N) is 1. The highest BCUT2D eigenvalue weighted by atomic mass is 19.4. The Morgan fingerprint density at radius 2 is 1.81 bits per heavy atom. The molecular weight excluding hydrogens is 223 g/mol. The maximum Gasteiger partial charge on any atom is 0.402 e. The Morgan fingerprint density at radius 1 is 1.25 bits per heavy atom. The molecule has 6 heteroatoms. The SMILES string of the molecule is O=C1C(C(F)(F)F)CN1c1ccc(O)cc1. The second-order valence-electron chi connectivity index (χ2n) is 3.56. The van der Waals surface area contributed by atoms with E-state index in [-0.39, 0.29) is 12.3 Å². The molecule has 3 nitrogen and oxygen atoms in total. The van der Waals surface area contributed by atoms with Crippen molar-refractivity contribution >= 4 is 11.6 Å². The number of carbonyl (C=O) groups excluding carboxylic acids is 1. The number of rotatable bonds is 1. The highest BCUT2D eigenvalue weighted by Gasteiger charge is 2.54. The van der Waals surface area contributed by atoms with Crippen molar-refractivity contribution in [3.63, 3.8) is 0 Å². The smallest absolute Gasteiger partial charge is 0.402 e. The second-order valence-corrected chi connectivity index (χ2v) is 3.56. The van der Waals surface area contributed by atoms with Crippen molar-refractivity contribution in [3.8, 4) is 5.75 Å². The van der Waals surface area contributed by atoms with E-state index in [1.54, 1.807) is 0 Å². The molecule has 86 valence electrons. The van der Waals surface area contributed by atoms with Crippen molar-refractivity contribution in [1.29, 1.82) is 0 Å². The second kappa shape index (κ2) is 3.40. The number of amides is 1. The number of β-lactam (4-membered cyclic amide) rings is 1. The Balaban J connectivity index is 2.11. The summed E-state index contributed by atoms with van der Waals surface area (Å²) < 4.78 is 36.7. The lowest BCUT2D eigenvalue weighted by molar-refractivity contribution is -0.189. The van der Waals surface area contributed by atoms with Gasteiger partial charge >= 0.3 is 6.18 Å². The van der Waals surface area contributed by atoms with Gasteiger partial charge in [-0.1, -0.05) is 0 Å². The Labute approximate surface area is 89.1 Å². The van der Waals surface area contributed by atoms with Crippen LogP contribution >= 0.6 is 0 Å². The van der Waals surface area contributed by atoms with Gasteiger partial charge in [0.2, 0.25) is 5.91 Å². The maximum absolute atomic E-state index is 12.2. The van der Waals surface area contributed by atoms with Gasteiger partial charge in [0.15, 0.2) is 5.92 Å². The number of carbonyl (C=O) groups is 1. The number of halogens is 3. The summed E-state index contributed by atoms with van der Waals surface area (Å²) in [5.74, 6) is -2.83. The van der Waals surface area contributed by atoms with Crippen LogP contribution in [0.2, 0.25) is 0 Å². The topological polar surface area (TPSA) is 40.5 Å². The number of phenols is 1. The van der Waals surface area contributed by atoms with Gasteiger partial charge in [-0.25, -0.2) is 0 Å². The molecule has 1 aromatic carbocycles. The molecule has 1 amide bonds. The quantitative estimate of drug-likeness (QED) is 0.750. The van der Waals surface area contributed by atoms with Gasteiger partial charge in [0.1, 0.15) is 5.75 Å². The summed E-state index contributed by atoms with van der Waals surface area (Å²) in [4.78, 5) is 12.3. The highest BCUT2D eigenvalue weighted by Crippen LogP contribution is 2.37. The van der Waals surface area contributed by atoms with E-state index in [2.05, 4.69) is 0 Å². The standard InChI is InChI=1S/C10H8F3NO2/c11-10(12,13)8-5-14(9(8)16)6-1-3-7(15)4-2-6/h1-4,8,15H,5H2. The van der Waals surface area contributed by atoms with E-state index in [4.69, 9.17) is 5.11 Å². The van der Waals surface area contributed by atoms with Gasteiger partial charge in [-0.2, -0.15) is 13.2 Å². The van der Waals surface area contributed by atoms with Crippen LogP contribution in [0.5, 0.6) is 5.75 Å². The van der Waals surface area contributed by atoms with Crippen LogP contribution in [0.1, 0.15) is 0 Å². The largest absolute Gasteiger partial charge is 0.508 e. The van der Waals surface area contributed by atoms with Gasteiger partial charge in [-0.15, -0.1) is 0 Å². The third-order valence-corrected chi connectivity index (χ3v) is 2.49. The molecule has 0 bridgehead atoms. The zero-order valence-electron chi connectivity index (χ0n) is 8.03. The molecule has 0 spiro atoms. The summed E-state index contributed by atoms with van der Waals surface area (Å²) in [6, 6.07) is 5.45. The first-order valence-corrected chi connectivity index (χ1v) is 4.57. The first-order valence-electron chi connectivity index (χ1n) is 4.57. The van der Waals surface area contributed by atoms with Crippen molar-refractivity contribution in [1.82, 2.24) is 0 Å². The average molecular weight is 231 g/mol. The van der Waals surface area contributed by atoms with E-state index in [1.165, 1.54) is 24.3 Å². The lowest BCUT2D eigenvalue weighted by Gasteiger charge is -2.39. The Bertz CT molecular complexity index is 413. The van der Waals surface area contributed by atoms with Crippen molar-refractivity contribution in [2.45, 2.75) is 6.18 Å². The summed E-state index contributed by atoms with van der Waals surface area (Å²) in [5, 5.41) is 8.99. The first-order chi connectivity index (χ1) is 7.39. The Hall–Kier alpha value is -1.72. The molecule has 0 aromatic heterocycles. The number of benzene rings is 1. The summed E-state index contributed by atoms with van der Waals surface area (Å²) in [6.07, 6.45) is -4.47. The highest BCUT2D eigenvalue weighted by molar-refractivity contribution is 6.02. The van der Waals surface area contributed by atoms with Gasteiger partial charge in [-0.05, 0) is 24.3 Å². The number of hydrogen-bond donors (Lipinski definition) is 1. The van der Waals surface area contributed by atoms with Gasteiger partial charge < -0.3 is 10.0 Å². The van der Waals surface area contributed by atoms with Crippen molar-refractivity contribution < 1.29 is 23.1 Å². The van der Waals surface area contributed by atoms with E-state index < -0.39 is 18.0 Å². The summed E-state index contributed by atoms with van der Waals surface area (Å²) >= 11 is 0. The zero-order chi connectivity index (χ0) is 11.9. The maximum atomic E-state index is 12.2. The number of hydrogen-bond acceptors (Lipinski definition) is 2. The lowest BCUT2D eigenvalue weighted by Crippen LogP contribution is -2.58. The third-order valence-electron chi connectivity index (χ3n) is 2.49. The molecule has 0 aliphatic carbocycles. The van der Waals surface area contributed by atoms with E-state index >= 15 is 0 Å². The zero-order valence-corrected chi connectivity index (χ0v) is 8.03. The van der Waals surface area contributed by atoms with Crippen LogP contribution in [0, 0.1) is 5.92 Å². The van der Waals surface area contributed by atoms with Crippen LogP contribution in [0.15, 0.2) is 24.3 Å². The van der Waals surface area contributed by atoms with E-state index in [1.807, 2.05) is 0 Å². The van der Waals surface area contributed by atoms with Crippen molar-refractivity contribution in [2.75, 3.05) is 11.4 Å². The summed E-state index contributed by atoms with van der Waals surface area (Å²) in [7, 11) is 0. The number of phenolic OH excluding ortho intramolecular Hbond substituents is 1. The van der Waals surface area contributed by atoms with Gasteiger partial charge in [-0.3, -0.25) is 4.79 Å². The fourth-order valence-corrected chi connectivity index (χ4v) is 1.54. The molecule has 1 saturated heterocycles. The van der Waals surface area contributed by atoms with Crippen LogP contribution in [0.4, 0.5) is 18.9 Å². The molecule has 0 saturated carbocycles. The monoisotopic (exact) mass is 231 g/mol. The molecule has 1 aliphatic rings. The Morgan fingerprint density at radius 3 is 2.25 bits per heavy atom. The van der Waals surface area contributed by atoms with E-state index in [0.29, 0.717) is 5.69 Å². The molecule has 1 unspecified atom stereocenters. The van der Waals surface area contributed by atoms with Gasteiger partial charge in [0, 0.05) is 12.2 Å². The molecule has 1 heterocycles. The Kier molecular flexibility index (Phi) is 2.29. The molecule has 1 aromatic rings. The molecular formula is C10H8F3NO2. The van der Waals surface area contributed by atoms with Gasteiger partial charge in [0.05, 0.1) is 0 Å². The minimum Gasteiger partial charge on any atom is -0.508 e. The van der Waals surface area contributed by atoms with Crippen molar-refractivity contribution in [3.05, 3.63) is 24.3 Å². The van der Waals surface area contributed by atoms with Gasteiger partial charge in [0.25, 0.3) is 0 Å². The molecule has 1 aliphatic heterocycles. The van der Waals surface area contributed by atoms with E-state index in [9.17, 15) is 18.0 Å². The lowest BCUT2D eigenvalue weighted by atomic mass is 9.97. The summed E-state index contributed by atoms with van der Waals surface area (Å²) in [5.41, 5.74) is 0.364. The van der Waals surface area contributed by atoms with Crippen LogP contribution < -0.4 is 4.90 Å². The predicted octanol–water partition coefficient (Wildman–Crippen LogP) is 1.92. The third kappa shape index (κ3) is 1.70. The average Bonchev–Trinajstić information content (AvgIpc) is 2.17. The van der Waals surface area contributed by atoms with Crippen LogP contribution in [-0.4, -0.2) is 23.7 Å². The fraction of sp³-hybridized carbons (Fsp3) is 0.300. The number of alkyl halides is 3. The fourth-order valence-electron chi connectivity index (χ4n) is 1.54. The van der Waals surface area contributed by atoms with Crippen molar-refractivity contribution in [2.24, 2.45) is 5.92 Å². The molecule has 1 N–H and O–H groups in total. The van der Waals surface area contributed by atoms with Crippen LogP contribution in [0.25, 0.3) is 0 Å². The minimum absolute atomic E-state index is 0.00379. The van der Waals surface area contributed by atoms with Crippen LogP contribution in [0.3, 0.4) is 0 Å². The first kappa shape index (κ1) is 10.8. The molecule has 16 heavy (non-hydrogen) atoms. The molecule has 0 radical (unpaired) electrons. The molecule has 1 fully saturated rings. The molecule has 1 atom stereocenters. The normalized spacial score (nSPS) is 20.8. The number of aromatic hydroxyl groups is 1. The summed E-state index contributed by atoms with van der Waals surface area (Å²) in [6.45, 7) is -0.354. The molecule has 2 rings (SSSR count).